The van der Waals surface area contributed by atoms with Crippen molar-refractivity contribution < 1.29 is 8.42 Å². The van der Waals surface area contributed by atoms with Gasteiger partial charge in [-0.3, -0.25) is 5.10 Å². The van der Waals surface area contributed by atoms with Crippen molar-refractivity contribution in [2.75, 3.05) is 12.0 Å². The molecule has 0 amide bonds. The van der Waals surface area contributed by atoms with Crippen LogP contribution < -0.4 is 5.73 Å². The zero-order valence-corrected chi connectivity index (χ0v) is 9.87. The Balaban J connectivity index is 3.38. The topological polar surface area (TPSA) is 88.8 Å². The minimum Gasteiger partial charge on any atom is -0.383 e. The number of nitrogens with two attached hydrogens (primary N) is 1. The van der Waals surface area contributed by atoms with Gasteiger partial charge in [0.15, 0.2) is 9.84 Å². The first-order valence-corrected chi connectivity index (χ1v) is 6.80. The zero-order valence-electron chi connectivity index (χ0n) is 8.23. The van der Waals surface area contributed by atoms with E-state index >= 15 is 0 Å². The van der Waals surface area contributed by atoms with E-state index in [1.807, 2.05) is 0 Å². The molecule has 14 heavy (non-hydrogen) atoms. The summed E-state index contributed by atoms with van der Waals surface area (Å²) in [7, 11) is -3.35. The molecule has 0 bridgehead atoms. The first kappa shape index (κ1) is 11.4. The van der Waals surface area contributed by atoms with Crippen LogP contribution in [-0.2, 0) is 9.84 Å². The molecule has 1 rings (SSSR count). The van der Waals surface area contributed by atoms with Crippen LogP contribution in [0.1, 0.15) is 13.8 Å². The van der Waals surface area contributed by atoms with Crippen LogP contribution in [0, 0.1) is 0 Å². The van der Waals surface area contributed by atoms with Crippen LogP contribution in [0.5, 0.6) is 0 Å². The van der Waals surface area contributed by atoms with Gasteiger partial charge in [-0.25, -0.2) is 8.42 Å². The Morgan fingerprint density at radius 3 is 2.50 bits per heavy atom. The maximum Gasteiger partial charge on any atom is 0.187 e. The molecule has 0 aliphatic heterocycles. The number of sulfone groups is 1. The van der Waals surface area contributed by atoms with Gasteiger partial charge in [-0.05, 0) is 20.1 Å². The Hall–Kier alpha value is -0.690. The van der Waals surface area contributed by atoms with Gasteiger partial charge in [-0.1, -0.05) is 0 Å². The van der Waals surface area contributed by atoms with Crippen molar-refractivity contribution in [3.8, 4) is 0 Å². The van der Waals surface area contributed by atoms with E-state index in [1.54, 1.807) is 20.1 Å². The number of hydrogen-bond donors (Lipinski definition) is 2. The van der Waals surface area contributed by atoms with Gasteiger partial charge in [0, 0.05) is 0 Å². The highest BCUT2D eigenvalue weighted by Crippen LogP contribution is 2.29. The summed E-state index contributed by atoms with van der Waals surface area (Å²) in [5.74, 6) is 0.114. The number of nitrogen functional groups attached to an aromatic ring is 1. The first-order chi connectivity index (χ1) is 6.41. The average Bonchev–Trinajstić information content (AvgIpc) is 2.46. The van der Waals surface area contributed by atoms with E-state index in [4.69, 9.17) is 5.73 Å². The van der Waals surface area contributed by atoms with Crippen molar-refractivity contribution in [1.82, 2.24) is 10.2 Å². The van der Waals surface area contributed by atoms with Crippen LogP contribution in [0.4, 0.5) is 5.82 Å². The summed E-state index contributed by atoms with van der Waals surface area (Å²) in [5.41, 5.74) is 5.53. The standard InChI is InChI=1S/C7H13N3O2S2/c1-4(2)14(11,12)5-6(8)9-10-7(5)13-3/h4H,1-3H3,(H3,8,9,10). The van der Waals surface area contributed by atoms with Crippen molar-refractivity contribution in [2.24, 2.45) is 0 Å². The molecule has 3 N–H and O–H groups in total. The van der Waals surface area contributed by atoms with Crippen molar-refractivity contribution in [2.45, 2.75) is 29.0 Å². The molecule has 0 spiro atoms. The molecule has 5 nitrogen and oxygen atoms in total. The van der Waals surface area contributed by atoms with Gasteiger partial charge in [-0.2, -0.15) is 5.10 Å². The Morgan fingerprint density at radius 2 is 2.07 bits per heavy atom. The van der Waals surface area contributed by atoms with Gasteiger partial charge in [0.05, 0.1) is 5.25 Å². The highest BCUT2D eigenvalue weighted by atomic mass is 32.2. The third-order valence-electron chi connectivity index (χ3n) is 1.82. The van der Waals surface area contributed by atoms with Crippen molar-refractivity contribution >= 4 is 27.4 Å². The molecule has 0 aromatic carbocycles. The molecule has 1 aromatic heterocycles. The lowest BCUT2D eigenvalue weighted by atomic mass is 10.6. The van der Waals surface area contributed by atoms with Gasteiger partial charge in [-0.15, -0.1) is 11.8 Å². The van der Waals surface area contributed by atoms with Gasteiger partial charge >= 0.3 is 0 Å². The van der Waals surface area contributed by atoms with E-state index in [2.05, 4.69) is 10.2 Å². The van der Waals surface area contributed by atoms with Gasteiger partial charge in [0.1, 0.15) is 15.7 Å². The van der Waals surface area contributed by atoms with E-state index in [9.17, 15) is 8.42 Å². The second-order valence-electron chi connectivity index (χ2n) is 3.07. The van der Waals surface area contributed by atoms with E-state index in [-0.39, 0.29) is 10.7 Å². The molecule has 0 atom stereocenters. The molecule has 7 heteroatoms. The SMILES string of the molecule is CSc1n[nH]c(N)c1S(=O)(=O)C(C)C. The molecule has 80 valence electrons. The van der Waals surface area contributed by atoms with Gasteiger partial charge in [0.2, 0.25) is 0 Å². The van der Waals surface area contributed by atoms with Crippen molar-refractivity contribution in [3.05, 3.63) is 0 Å². The summed E-state index contributed by atoms with van der Waals surface area (Å²) in [4.78, 5) is 0.125. The second kappa shape index (κ2) is 3.82. The van der Waals surface area contributed by atoms with Crippen LogP contribution in [0.15, 0.2) is 9.92 Å². The van der Waals surface area contributed by atoms with Crippen LogP contribution in [0.3, 0.4) is 0 Å². The van der Waals surface area contributed by atoms with E-state index in [0.29, 0.717) is 5.03 Å². The zero-order chi connectivity index (χ0) is 10.9. The Kier molecular flexibility index (Phi) is 3.10. The molecule has 1 heterocycles. The van der Waals surface area contributed by atoms with Crippen LogP contribution >= 0.6 is 11.8 Å². The fourth-order valence-corrected chi connectivity index (χ4v) is 3.12. The quantitative estimate of drug-likeness (QED) is 0.760. The maximum atomic E-state index is 11.8. The number of nitrogens with one attached hydrogen (secondary N) is 1. The largest absolute Gasteiger partial charge is 0.383 e. The fourth-order valence-electron chi connectivity index (χ4n) is 0.977. The molecular weight excluding hydrogens is 222 g/mol. The van der Waals surface area contributed by atoms with Crippen LogP contribution in [-0.4, -0.2) is 30.1 Å². The predicted molar refractivity (Wildman–Crippen MR) is 57.1 cm³/mol. The normalized spacial score (nSPS) is 12.3. The molecule has 1 aromatic rings. The Bertz CT molecular complexity index is 422. The second-order valence-corrected chi connectivity index (χ2v) is 6.31. The summed E-state index contributed by atoms with van der Waals surface area (Å²) >= 11 is 1.26. The predicted octanol–water partition coefficient (Wildman–Crippen LogP) is 0.896. The summed E-state index contributed by atoms with van der Waals surface area (Å²) in [6.07, 6.45) is 1.76. The molecule has 0 aliphatic carbocycles. The Morgan fingerprint density at radius 1 is 1.50 bits per heavy atom. The van der Waals surface area contributed by atoms with E-state index < -0.39 is 15.1 Å². The lowest BCUT2D eigenvalue weighted by Gasteiger charge is -2.07. The number of thioether (sulfide) groups is 1. The molecule has 0 aliphatic rings. The molecule has 0 saturated carbocycles. The number of hydrogen-bond acceptors (Lipinski definition) is 5. The summed E-state index contributed by atoms with van der Waals surface area (Å²) in [6.45, 7) is 3.23. The smallest absolute Gasteiger partial charge is 0.187 e. The Labute approximate surface area is 87.4 Å². The average molecular weight is 235 g/mol. The summed E-state index contributed by atoms with van der Waals surface area (Å²) in [6, 6.07) is 0. The minimum absolute atomic E-state index is 0.114. The third-order valence-corrected chi connectivity index (χ3v) is 4.85. The highest BCUT2D eigenvalue weighted by Gasteiger charge is 2.27. The van der Waals surface area contributed by atoms with Gasteiger partial charge in [0.25, 0.3) is 0 Å². The number of aromatic nitrogens is 2. The summed E-state index contributed by atoms with van der Waals surface area (Å²) in [5, 5.41) is 6.23. The maximum absolute atomic E-state index is 11.8. The van der Waals surface area contributed by atoms with Crippen LogP contribution in [0.2, 0.25) is 0 Å². The number of anilines is 1. The van der Waals surface area contributed by atoms with Crippen LogP contribution in [0.25, 0.3) is 0 Å². The minimum atomic E-state index is -3.35. The highest BCUT2D eigenvalue weighted by molar-refractivity contribution is 7.99. The first-order valence-electron chi connectivity index (χ1n) is 4.03. The van der Waals surface area contributed by atoms with E-state index in [0.717, 1.165) is 0 Å². The number of rotatable bonds is 3. The third kappa shape index (κ3) is 1.74. The molecular formula is C7H13N3O2S2. The van der Waals surface area contributed by atoms with Crippen molar-refractivity contribution in [1.29, 1.82) is 0 Å². The van der Waals surface area contributed by atoms with Crippen molar-refractivity contribution in [3.63, 3.8) is 0 Å². The van der Waals surface area contributed by atoms with Gasteiger partial charge < -0.3 is 5.73 Å². The number of nitrogens with zero attached hydrogens (tertiary/aromatic N) is 1. The molecule has 0 unspecified atom stereocenters. The fraction of sp³-hybridized carbons (Fsp3) is 0.571. The van der Waals surface area contributed by atoms with E-state index in [1.165, 1.54) is 11.8 Å². The monoisotopic (exact) mass is 235 g/mol. The number of H-pyrrole nitrogens is 1. The molecule has 0 fully saturated rings. The lowest BCUT2D eigenvalue weighted by molar-refractivity contribution is 0.585. The molecule has 0 saturated heterocycles. The lowest BCUT2D eigenvalue weighted by Crippen LogP contribution is -2.15. The molecule has 0 radical (unpaired) electrons. The summed E-state index contributed by atoms with van der Waals surface area (Å²) < 4.78 is 23.7. The number of aromatic amines is 1.